The number of halogens is 1. The predicted molar refractivity (Wildman–Crippen MR) is 59.6 cm³/mol. The second-order valence-corrected chi connectivity index (χ2v) is 3.81. The van der Waals surface area contributed by atoms with Crippen molar-refractivity contribution in [1.29, 1.82) is 0 Å². The van der Waals surface area contributed by atoms with E-state index in [1.807, 2.05) is 25.1 Å². The molecule has 0 N–H and O–H groups in total. The predicted octanol–water partition coefficient (Wildman–Crippen LogP) is 3.06. The Balaban J connectivity index is 2.56. The highest BCUT2D eigenvalue weighted by atomic mass is 79.9. The number of rotatable bonds is 5. The molecule has 1 rings (SSSR count). The molecule has 0 saturated heterocycles. The van der Waals surface area contributed by atoms with E-state index in [9.17, 15) is 4.79 Å². The molecule has 0 amide bonds. The van der Waals surface area contributed by atoms with Crippen molar-refractivity contribution in [1.82, 2.24) is 0 Å². The number of hydrogen-bond donors (Lipinski definition) is 0. The van der Waals surface area contributed by atoms with E-state index in [1.54, 1.807) is 6.07 Å². The topological polar surface area (TPSA) is 26.3 Å². The van der Waals surface area contributed by atoms with E-state index in [2.05, 4.69) is 15.9 Å². The summed E-state index contributed by atoms with van der Waals surface area (Å²) in [5.41, 5.74) is 0.684. The Morgan fingerprint density at radius 2 is 2.14 bits per heavy atom. The van der Waals surface area contributed by atoms with E-state index in [4.69, 9.17) is 4.74 Å². The lowest BCUT2D eigenvalue weighted by molar-refractivity contribution is 0.0760. The van der Waals surface area contributed by atoms with Crippen molar-refractivity contribution in [3.8, 4) is 0 Å². The van der Waals surface area contributed by atoms with Gasteiger partial charge in [-0.05, 0) is 12.5 Å². The quantitative estimate of drug-likeness (QED) is 0.598. The molecule has 14 heavy (non-hydrogen) atoms. The van der Waals surface area contributed by atoms with Crippen molar-refractivity contribution >= 4 is 21.7 Å². The summed E-state index contributed by atoms with van der Waals surface area (Å²) in [6.07, 6.45) is 0.934. The van der Waals surface area contributed by atoms with Crippen LogP contribution < -0.4 is 0 Å². The van der Waals surface area contributed by atoms with E-state index in [1.165, 1.54) is 0 Å². The normalized spacial score (nSPS) is 10.1. The first kappa shape index (κ1) is 11.4. The van der Waals surface area contributed by atoms with Crippen LogP contribution in [0.2, 0.25) is 0 Å². The molecular formula is C11H13BrO2. The van der Waals surface area contributed by atoms with Crippen molar-refractivity contribution in [2.45, 2.75) is 13.3 Å². The molecule has 0 fully saturated rings. The van der Waals surface area contributed by atoms with Crippen LogP contribution in [0.25, 0.3) is 0 Å². The molecule has 1 aromatic carbocycles. The van der Waals surface area contributed by atoms with E-state index >= 15 is 0 Å². The van der Waals surface area contributed by atoms with Gasteiger partial charge in [0, 0.05) is 16.6 Å². The molecule has 1 aromatic rings. The van der Waals surface area contributed by atoms with Crippen LogP contribution >= 0.6 is 15.9 Å². The summed E-state index contributed by atoms with van der Waals surface area (Å²) in [6, 6.07) is 7.38. The van der Waals surface area contributed by atoms with Crippen LogP contribution in [-0.4, -0.2) is 19.0 Å². The van der Waals surface area contributed by atoms with Crippen molar-refractivity contribution in [2.75, 3.05) is 13.2 Å². The number of benzene rings is 1. The van der Waals surface area contributed by atoms with Gasteiger partial charge >= 0.3 is 0 Å². The van der Waals surface area contributed by atoms with Gasteiger partial charge in [0.2, 0.25) is 0 Å². The maximum atomic E-state index is 11.6. The lowest BCUT2D eigenvalue weighted by atomic mass is 10.1. The van der Waals surface area contributed by atoms with Gasteiger partial charge in [-0.3, -0.25) is 4.79 Å². The van der Waals surface area contributed by atoms with Crippen LogP contribution in [0.4, 0.5) is 0 Å². The zero-order chi connectivity index (χ0) is 10.4. The molecule has 0 spiro atoms. The van der Waals surface area contributed by atoms with Gasteiger partial charge in [0.15, 0.2) is 5.78 Å². The van der Waals surface area contributed by atoms with Gasteiger partial charge in [0.05, 0.1) is 0 Å². The van der Waals surface area contributed by atoms with Crippen LogP contribution in [0.15, 0.2) is 28.7 Å². The smallest absolute Gasteiger partial charge is 0.189 e. The van der Waals surface area contributed by atoms with Gasteiger partial charge < -0.3 is 4.74 Å². The molecule has 0 aliphatic carbocycles. The van der Waals surface area contributed by atoms with Crippen molar-refractivity contribution in [3.63, 3.8) is 0 Å². The molecule has 3 heteroatoms. The van der Waals surface area contributed by atoms with Crippen LogP contribution in [-0.2, 0) is 4.74 Å². The zero-order valence-corrected chi connectivity index (χ0v) is 9.71. The second-order valence-electron chi connectivity index (χ2n) is 2.96. The molecular weight excluding hydrogens is 244 g/mol. The fourth-order valence-electron chi connectivity index (χ4n) is 1.07. The largest absolute Gasteiger partial charge is 0.373 e. The number of carbonyl (C=O) groups is 1. The highest BCUT2D eigenvalue weighted by Gasteiger charge is 2.08. The first-order valence-corrected chi connectivity index (χ1v) is 5.40. The molecule has 0 atom stereocenters. The fourth-order valence-corrected chi connectivity index (χ4v) is 1.58. The number of ketones is 1. The summed E-state index contributed by atoms with van der Waals surface area (Å²) >= 11 is 3.33. The molecule has 0 aliphatic rings. The van der Waals surface area contributed by atoms with E-state index in [0.717, 1.165) is 10.9 Å². The Morgan fingerprint density at radius 1 is 1.43 bits per heavy atom. The summed E-state index contributed by atoms with van der Waals surface area (Å²) in [4.78, 5) is 11.6. The van der Waals surface area contributed by atoms with Gasteiger partial charge in [-0.15, -0.1) is 0 Å². The van der Waals surface area contributed by atoms with Crippen molar-refractivity contribution < 1.29 is 9.53 Å². The molecule has 0 saturated carbocycles. The van der Waals surface area contributed by atoms with E-state index < -0.39 is 0 Å². The van der Waals surface area contributed by atoms with Gasteiger partial charge in [-0.2, -0.15) is 0 Å². The van der Waals surface area contributed by atoms with Crippen LogP contribution in [0.5, 0.6) is 0 Å². The third kappa shape index (κ3) is 3.24. The van der Waals surface area contributed by atoms with Crippen molar-refractivity contribution in [3.05, 3.63) is 34.3 Å². The van der Waals surface area contributed by atoms with Crippen LogP contribution in [0.1, 0.15) is 23.7 Å². The van der Waals surface area contributed by atoms with Gasteiger partial charge in [0.25, 0.3) is 0 Å². The summed E-state index contributed by atoms with van der Waals surface area (Å²) < 4.78 is 6.01. The highest BCUT2D eigenvalue weighted by Crippen LogP contribution is 2.16. The Kier molecular flexibility index (Phi) is 4.84. The molecule has 0 aliphatic heterocycles. The third-order valence-electron chi connectivity index (χ3n) is 1.76. The SMILES string of the molecule is CCCOCC(=O)c1ccccc1Br. The maximum absolute atomic E-state index is 11.6. The van der Waals surface area contributed by atoms with Gasteiger partial charge in [0.1, 0.15) is 6.61 Å². The molecule has 0 unspecified atom stereocenters. The average molecular weight is 257 g/mol. The highest BCUT2D eigenvalue weighted by molar-refractivity contribution is 9.10. The third-order valence-corrected chi connectivity index (χ3v) is 2.45. The lowest BCUT2D eigenvalue weighted by Gasteiger charge is -2.03. The summed E-state index contributed by atoms with van der Waals surface area (Å²) in [7, 11) is 0. The number of ether oxygens (including phenoxy) is 1. The monoisotopic (exact) mass is 256 g/mol. The van der Waals surface area contributed by atoms with Gasteiger partial charge in [-0.1, -0.05) is 41.1 Å². The minimum absolute atomic E-state index is 0.0194. The Morgan fingerprint density at radius 3 is 2.79 bits per heavy atom. The number of carbonyl (C=O) groups excluding carboxylic acids is 1. The first-order valence-electron chi connectivity index (χ1n) is 4.61. The summed E-state index contributed by atoms with van der Waals surface area (Å²) in [5, 5.41) is 0. The molecule has 0 bridgehead atoms. The standard InChI is InChI=1S/C11H13BrO2/c1-2-7-14-8-11(13)9-5-3-4-6-10(9)12/h3-6H,2,7-8H2,1H3. The summed E-state index contributed by atoms with van der Waals surface area (Å²) in [6.45, 7) is 2.82. The molecule has 0 heterocycles. The Hall–Kier alpha value is -0.670. The summed E-state index contributed by atoms with van der Waals surface area (Å²) in [5.74, 6) is 0.0194. The zero-order valence-electron chi connectivity index (χ0n) is 8.13. The first-order chi connectivity index (χ1) is 6.75. The minimum Gasteiger partial charge on any atom is -0.373 e. The van der Waals surface area contributed by atoms with E-state index in [0.29, 0.717) is 12.2 Å². The van der Waals surface area contributed by atoms with Crippen molar-refractivity contribution in [2.24, 2.45) is 0 Å². The average Bonchev–Trinajstić information content (AvgIpc) is 2.18. The number of hydrogen-bond acceptors (Lipinski definition) is 2. The Bertz CT molecular complexity index is 310. The maximum Gasteiger partial charge on any atom is 0.189 e. The Labute approximate surface area is 92.4 Å². The van der Waals surface area contributed by atoms with Crippen LogP contribution in [0.3, 0.4) is 0 Å². The molecule has 0 aromatic heterocycles. The van der Waals surface area contributed by atoms with Gasteiger partial charge in [-0.25, -0.2) is 0 Å². The van der Waals surface area contributed by atoms with Crippen LogP contribution in [0, 0.1) is 0 Å². The number of Topliss-reactive ketones (excluding diaryl/α,β-unsaturated/α-hetero) is 1. The molecule has 0 radical (unpaired) electrons. The second kappa shape index (κ2) is 5.94. The minimum atomic E-state index is 0.0194. The molecule has 2 nitrogen and oxygen atoms in total. The van der Waals surface area contributed by atoms with E-state index in [-0.39, 0.29) is 12.4 Å². The lowest BCUT2D eigenvalue weighted by Crippen LogP contribution is -2.10. The fraction of sp³-hybridized carbons (Fsp3) is 0.364. The molecule has 76 valence electrons.